The summed E-state index contributed by atoms with van der Waals surface area (Å²) in [5, 5.41) is 19.8. The second-order valence-electron chi connectivity index (χ2n) is 11.2. The lowest BCUT2D eigenvalue weighted by atomic mass is 9.77. The van der Waals surface area contributed by atoms with E-state index in [1.807, 2.05) is 121 Å². The van der Waals surface area contributed by atoms with Crippen LogP contribution in [0.25, 0.3) is 0 Å². The van der Waals surface area contributed by atoms with Crippen LogP contribution in [0.15, 0.2) is 137 Å². The number of nitrogens with one attached hydrogen (secondary N) is 1. The first-order valence-corrected chi connectivity index (χ1v) is 16.2. The van der Waals surface area contributed by atoms with E-state index in [9.17, 15) is 14.7 Å². The van der Waals surface area contributed by atoms with Gasteiger partial charge < -0.3 is 20.0 Å². The molecule has 5 aromatic rings. The number of thioether (sulfide) groups is 1. The molecule has 0 aliphatic heterocycles. The number of esters is 1. The van der Waals surface area contributed by atoms with Gasteiger partial charge in [-0.25, -0.2) is 14.6 Å². The Morgan fingerprint density at radius 3 is 1.74 bits per heavy atom. The molecule has 1 unspecified atom stereocenters. The van der Waals surface area contributed by atoms with Crippen LogP contribution in [0.4, 0.5) is 5.13 Å². The number of rotatable bonds is 12. The topological polar surface area (TPSA) is 110 Å². The molecule has 1 atom stereocenters. The van der Waals surface area contributed by atoms with Gasteiger partial charge in [-0.1, -0.05) is 126 Å². The van der Waals surface area contributed by atoms with E-state index < -0.39 is 34.2 Å². The van der Waals surface area contributed by atoms with Gasteiger partial charge >= 0.3 is 11.9 Å². The molecule has 2 N–H and O–H groups in total. The minimum atomic E-state index is -1.36. The highest BCUT2D eigenvalue weighted by molar-refractivity contribution is 8.00. The highest BCUT2D eigenvalue weighted by Gasteiger charge is 2.37. The minimum Gasteiger partial charge on any atom is -0.476 e. The number of carboxylic acid groups (broad SMARTS) is 1. The van der Waals surface area contributed by atoms with Crippen molar-refractivity contribution < 1.29 is 24.3 Å². The number of carbonyl (C=O) groups is 2. The number of oxime groups is 1. The molecule has 0 radical (unpaired) electrons. The van der Waals surface area contributed by atoms with Crippen LogP contribution in [0.3, 0.4) is 0 Å². The zero-order chi connectivity index (χ0) is 32.6. The minimum absolute atomic E-state index is 0.0794. The average molecular weight is 652 g/mol. The second kappa shape index (κ2) is 14.4. The normalized spacial score (nSPS) is 12.6. The Bertz CT molecular complexity index is 1680. The number of ether oxygens (including phenoxy) is 1. The van der Waals surface area contributed by atoms with Crippen molar-refractivity contribution in [3.05, 3.63) is 149 Å². The molecule has 1 heterocycles. The fourth-order valence-corrected chi connectivity index (χ4v) is 6.30. The largest absolute Gasteiger partial charge is 0.476 e. The lowest BCUT2D eigenvalue weighted by Gasteiger charge is -2.36. The maximum atomic E-state index is 13.0. The van der Waals surface area contributed by atoms with Crippen LogP contribution in [0, 0.1) is 0 Å². The summed E-state index contributed by atoms with van der Waals surface area (Å²) < 4.78 is 5.53. The van der Waals surface area contributed by atoms with E-state index in [0.717, 1.165) is 33.3 Å². The predicted molar refractivity (Wildman–Crippen MR) is 182 cm³/mol. The molecule has 4 aromatic carbocycles. The summed E-state index contributed by atoms with van der Waals surface area (Å²) in [5.41, 5.74) is -0.355. The Morgan fingerprint density at radius 2 is 1.28 bits per heavy atom. The summed E-state index contributed by atoms with van der Waals surface area (Å²) in [6.45, 7) is 5.22. The van der Waals surface area contributed by atoms with Crippen LogP contribution >= 0.6 is 23.1 Å². The molecule has 0 saturated heterocycles. The summed E-state index contributed by atoms with van der Waals surface area (Å²) in [4.78, 5) is 36.4. The Labute approximate surface area is 276 Å². The van der Waals surface area contributed by atoms with Crippen molar-refractivity contribution in [3.8, 4) is 0 Å². The van der Waals surface area contributed by atoms with Crippen molar-refractivity contribution in [1.29, 1.82) is 0 Å². The molecule has 8 nitrogen and oxygen atoms in total. The van der Waals surface area contributed by atoms with Gasteiger partial charge in [0.15, 0.2) is 5.13 Å². The van der Waals surface area contributed by atoms with Crippen molar-refractivity contribution in [1.82, 2.24) is 4.98 Å². The predicted octanol–water partition coefficient (Wildman–Crippen LogP) is 7.81. The van der Waals surface area contributed by atoms with E-state index >= 15 is 0 Å². The number of thiazole rings is 1. The van der Waals surface area contributed by atoms with Gasteiger partial charge in [0.25, 0.3) is 5.44 Å². The molecular weight excluding hydrogens is 619 g/mol. The van der Waals surface area contributed by atoms with Crippen molar-refractivity contribution in [2.45, 2.75) is 42.2 Å². The highest BCUT2D eigenvalue weighted by atomic mass is 32.2. The molecule has 0 saturated carbocycles. The molecule has 5 rings (SSSR count). The van der Waals surface area contributed by atoms with E-state index in [0.29, 0.717) is 5.13 Å². The first kappa shape index (κ1) is 32.5. The molecular formula is C36H33N3O5S2. The van der Waals surface area contributed by atoms with Crippen LogP contribution in [0.2, 0.25) is 0 Å². The van der Waals surface area contributed by atoms with Crippen LogP contribution in [0.1, 0.15) is 43.2 Å². The molecule has 46 heavy (non-hydrogen) atoms. The third-order valence-corrected chi connectivity index (χ3v) is 8.48. The van der Waals surface area contributed by atoms with Crippen LogP contribution in [-0.4, -0.2) is 38.8 Å². The molecule has 0 aliphatic carbocycles. The van der Waals surface area contributed by atoms with Crippen molar-refractivity contribution in [2.75, 3.05) is 5.32 Å². The third-order valence-electron chi connectivity index (χ3n) is 6.69. The fourth-order valence-electron chi connectivity index (χ4n) is 4.76. The SMILES string of the molecule is CC(C)(C)OC(=O)C(O/N=C(\C(=O)O)c1csc(NC(c2ccccc2)(c2ccccc2)c2ccccc2)n1)Sc1ccccc1. The smallest absolute Gasteiger partial charge is 0.361 e. The monoisotopic (exact) mass is 651 g/mol. The molecule has 0 fully saturated rings. The van der Waals surface area contributed by atoms with Crippen molar-refractivity contribution in [2.24, 2.45) is 5.16 Å². The van der Waals surface area contributed by atoms with E-state index in [2.05, 4.69) is 15.5 Å². The number of anilines is 1. The summed E-state index contributed by atoms with van der Waals surface area (Å²) in [6.07, 6.45) is 0. The van der Waals surface area contributed by atoms with Crippen molar-refractivity contribution in [3.63, 3.8) is 0 Å². The molecule has 10 heteroatoms. The average Bonchev–Trinajstić information content (AvgIpc) is 3.52. The molecule has 234 valence electrons. The van der Waals surface area contributed by atoms with Crippen molar-refractivity contribution >= 4 is 45.9 Å². The standard InChI is InChI=1S/C36H33N3O5S2/c1-35(2,3)43-32(42)33(46-28-22-14-7-15-23-28)44-39-30(31(40)41)29-24-45-34(37-29)38-36(25-16-8-4-9-17-25,26-18-10-5-11-19-26)27-20-12-6-13-21-27/h4-24,33H,1-3H3,(H,37,38)(H,40,41)/b39-30-. The van der Waals surface area contributed by atoms with Gasteiger partial charge in [-0.05, 0) is 49.6 Å². The fraction of sp³-hybridized carbons (Fsp3) is 0.167. The Hall–Kier alpha value is -4.93. The Morgan fingerprint density at radius 1 is 0.804 bits per heavy atom. The van der Waals surface area contributed by atoms with E-state index in [4.69, 9.17) is 9.57 Å². The quantitative estimate of drug-likeness (QED) is 0.0351. The zero-order valence-corrected chi connectivity index (χ0v) is 27.1. The maximum absolute atomic E-state index is 13.0. The third kappa shape index (κ3) is 7.82. The lowest BCUT2D eigenvalue weighted by Crippen LogP contribution is -2.38. The van der Waals surface area contributed by atoms with Crippen LogP contribution in [0.5, 0.6) is 0 Å². The van der Waals surface area contributed by atoms with Crippen LogP contribution in [-0.2, 0) is 24.7 Å². The maximum Gasteiger partial charge on any atom is 0.361 e. The van der Waals surface area contributed by atoms with Gasteiger partial charge in [0.05, 0.1) is 0 Å². The highest BCUT2D eigenvalue weighted by Crippen LogP contribution is 2.40. The molecule has 1 aromatic heterocycles. The van der Waals surface area contributed by atoms with E-state index in [-0.39, 0.29) is 5.69 Å². The number of hydrogen-bond donors (Lipinski definition) is 2. The molecule has 0 amide bonds. The number of carboxylic acids is 1. The first-order chi connectivity index (χ1) is 22.2. The summed E-state index contributed by atoms with van der Waals surface area (Å²) in [7, 11) is 0. The van der Waals surface area contributed by atoms with E-state index in [1.165, 1.54) is 11.3 Å². The van der Waals surface area contributed by atoms with Crippen LogP contribution < -0.4 is 5.32 Å². The Kier molecular flexibility index (Phi) is 10.2. The van der Waals surface area contributed by atoms with Gasteiger partial charge in [-0.2, -0.15) is 0 Å². The number of aromatic nitrogens is 1. The number of carbonyl (C=O) groups excluding carboxylic acids is 1. The zero-order valence-electron chi connectivity index (χ0n) is 25.5. The molecule has 0 spiro atoms. The van der Waals surface area contributed by atoms with Gasteiger partial charge in [0.1, 0.15) is 16.8 Å². The lowest BCUT2D eigenvalue weighted by molar-refractivity contribution is -0.162. The van der Waals surface area contributed by atoms with Gasteiger partial charge in [0.2, 0.25) is 5.71 Å². The molecule has 0 bridgehead atoms. The first-order valence-electron chi connectivity index (χ1n) is 14.5. The molecule has 0 aliphatic rings. The summed E-state index contributed by atoms with van der Waals surface area (Å²) >= 11 is 2.30. The number of aliphatic carboxylic acids is 1. The number of hydrogen-bond acceptors (Lipinski definition) is 9. The summed E-state index contributed by atoms with van der Waals surface area (Å²) in [6, 6.07) is 39.1. The van der Waals surface area contributed by atoms with E-state index in [1.54, 1.807) is 26.2 Å². The van der Waals surface area contributed by atoms with Gasteiger partial charge in [0, 0.05) is 10.3 Å². The van der Waals surface area contributed by atoms with Gasteiger partial charge in [-0.3, -0.25) is 0 Å². The second-order valence-corrected chi connectivity index (χ2v) is 13.2. The number of benzene rings is 4. The van der Waals surface area contributed by atoms with Gasteiger partial charge in [-0.15, -0.1) is 11.3 Å². The summed E-state index contributed by atoms with van der Waals surface area (Å²) in [5.74, 6) is -2.04. The Balaban J connectivity index is 1.51. The number of nitrogens with zero attached hydrogens (tertiary/aromatic N) is 2.